The van der Waals surface area contributed by atoms with Crippen molar-refractivity contribution in [3.05, 3.63) is 60.0 Å². The van der Waals surface area contributed by atoms with Crippen molar-refractivity contribution in [2.75, 3.05) is 0 Å². The van der Waals surface area contributed by atoms with Gasteiger partial charge in [0.05, 0.1) is 0 Å². The second-order valence-electron chi connectivity index (χ2n) is 2.85. The fourth-order valence-electron chi connectivity index (χ4n) is 0.966. The maximum Gasteiger partial charge on any atom is 0.123 e. The number of alkyl halides is 1. The van der Waals surface area contributed by atoms with Crippen LogP contribution in [0, 0.1) is 5.82 Å². The van der Waals surface area contributed by atoms with E-state index in [0.717, 1.165) is 17.3 Å². The molecule has 0 heterocycles. The van der Waals surface area contributed by atoms with Crippen LogP contribution in [0.1, 0.15) is 12.0 Å². The molecule has 1 aromatic rings. The summed E-state index contributed by atoms with van der Waals surface area (Å²) in [5.74, 6) is -0.181. The molecule has 0 atom stereocenters. The van der Waals surface area contributed by atoms with E-state index in [1.54, 1.807) is 12.1 Å². The van der Waals surface area contributed by atoms with Gasteiger partial charge in [0.1, 0.15) is 5.82 Å². The summed E-state index contributed by atoms with van der Waals surface area (Å²) in [6.07, 6.45) is 9.50. The third kappa shape index (κ3) is 4.38. The molecule has 0 aliphatic heterocycles. The second kappa shape index (κ2) is 6.55. The van der Waals surface area contributed by atoms with E-state index >= 15 is 0 Å². The van der Waals surface area contributed by atoms with Gasteiger partial charge in [0.15, 0.2) is 0 Å². The molecule has 0 spiro atoms. The quantitative estimate of drug-likeness (QED) is 0.659. The summed E-state index contributed by atoms with van der Waals surface area (Å²) >= 11 is 3.26. The van der Waals surface area contributed by atoms with Crippen LogP contribution in [0.4, 0.5) is 4.39 Å². The summed E-state index contributed by atoms with van der Waals surface area (Å²) < 4.78 is 12.2. The van der Waals surface area contributed by atoms with Gasteiger partial charge in [0.2, 0.25) is 0 Å². The highest BCUT2D eigenvalue weighted by molar-refractivity contribution is 9.08. The van der Waals surface area contributed by atoms with Crippen molar-refractivity contribution in [1.82, 2.24) is 0 Å². The van der Waals surface area contributed by atoms with E-state index in [9.17, 15) is 4.39 Å². The van der Waals surface area contributed by atoms with Crippen molar-refractivity contribution in [2.45, 2.75) is 11.8 Å². The zero-order chi connectivity index (χ0) is 10.2. The normalized spacial score (nSPS) is 12.4. The number of allylic oxidation sites excluding steroid dienone is 4. The van der Waals surface area contributed by atoms with E-state index in [1.165, 1.54) is 12.1 Å². The maximum atomic E-state index is 12.2. The summed E-state index contributed by atoms with van der Waals surface area (Å²) in [5, 5.41) is 0.785. The Morgan fingerprint density at radius 2 is 1.64 bits per heavy atom. The molecule has 0 radical (unpaired) electrons. The predicted octanol–water partition coefficient (Wildman–Crippen LogP) is 4.22. The molecule has 1 aromatic carbocycles. The Bertz CT molecular complexity index is 302. The zero-order valence-electron chi connectivity index (χ0n) is 7.79. The Kier molecular flexibility index (Phi) is 5.23. The minimum Gasteiger partial charge on any atom is -0.207 e. The van der Waals surface area contributed by atoms with E-state index in [4.69, 9.17) is 0 Å². The van der Waals surface area contributed by atoms with Crippen molar-refractivity contribution in [1.29, 1.82) is 0 Å². The minimum absolute atomic E-state index is 0.181. The van der Waals surface area contributed by atoms with E-state index in [0.29, 0.717) is 0 Å². The summed E-state index contributed by atoms with van der Waals surface area (Å²) in [4.78, 5) is 0. The Hall–Kier alpha value is -0.890. The van der Waals surface area contributed by atoms with Crippen molar-refractivity contribution in [3.8, 4) is 0 Å². The lowest BCUT2D eigenvalue weighted by atomic mass is 10.2. The van der Waals surface area contributed by atoms with Crippen LogP contribution in [0.2, 0.25) is 0 Å². The van der Waals surface area contributed by atoms with Gasteiger partial charge in [-0.25, -0.2) is 4.39 Å². The van der Waals surface area contributed by atoms with Crippen LogP contribution in [0.15, 0.2) is 48.6 Å². The lowest BCUT2D eigenvalue weighted by molar-refractivity contribution is 0.627. The molecule has 0 amide bonds. The molecule has 0 saturated carbocycles. The molecule has 0 nitrogen and oxygen atoms in total. The molecule has 74 valence electrons. The molecule has 0 unspecified atom stereocenters. The SMILES string of the molecule is C1=CCC=C1.Fc1ccc(CBr)cc1. The Morgan fingerprint density at radius 1 is 1.07 bits per heavy atom. The van der Waals surface area contributed by atoms with Crippen molar-refractivity contribution in [2.24, 2.45) is 0 Å². The second-order valence-corrected chi connectivity index (χ2v) is 3.41. The minimum atomic E-state index is -0.181. The van der Waals surface area contributed by atoms with Crippen LogP contribution in [-0.4, -0.2) is 0 Å². The molecular weight excluding hydrogens is 243 g/mol. The molecule has 2 heteroatoms. The van der Waals surface area contributed by atoms with Crippen LogP contribution in [-0.2, 0) is 5.33 Å². The van der Waals surface area contributed by atoms with E-state index in [1.807, 2.05) is 0 Å². The maximum absolute atomic E-state index is 12.2. The van der Waals surface area contributed by atoms with Crippen molar-refractivity contribution in [3.63, 3.8) is 0 Å². The largest absolute Gasteiger partial charge is 0.207 e. The third-order valence-electron chi connectivity index (χ3n) is 1.72. The van der Waals surface area contributed by atoms with Gasteiger partial charge in [-0.3, -0.25) is 0 Å². The molecular formula is C12H12BrF. The summed E-state index contributed by atoms with van der Waals surface area (Å²) in [5.41, 5.74) is 1.09. The van der Waals surface area contributed by atoms with Gasteiger partial charge < -0.3 is 0 Å². The fraction of sp³-hybridized carbons (Fsp3) is 0.167. The third-order valence-corrected chi connectivity index (χ3v) is 2.37. The molecule has 2 rings (SSSR count). The zero-order valence-corrected chi connectivity index (χ0v) is 9.37. The lowest BCUT2D eigenvalue weighted by Crippen LogP contribution is -1.76. The summed E-state index contributed by atoms with van der Waals surface area (Å²) in [7, 11) is 0. The molecule has 0 saturated heterocycles. The van der Waals surface area contributed by atoms with E-state index in [2.05, 4.69) is 40.2 Å². The van der Waals surface area contributed by atoms with Crippen molar-refractivity contribution >= 4 is 15.9 Å². The molecule has 14 heavy (non-hydrogen) atoms. The first-order valence-corrected chi connectivity index (χ1v) is 5.57. The first-order chi connectivity index (χ1) is 6.83. The van der Waals surface area contributed by atoms with Gasteiger partial charge in [0.25, 0.3) is 0 Å². The highest BCUT2D eigenvalue weighted by atomic mass is 79.9. The fourth-order valence-corrected chi connectivity index (χ4v) is 1.34. The van der Waals surface area contributed by atoms with Gasteiger partial charge in [-0.1, -0.05) is 52.4 Å². The number of rotatable bonds is 1. The molecule has 1 aliphatic rings. The number of hydrogen-bond donors (Lipinski definition) is 0. The number of hydrogen-bond acceptors (Lipinski definition) is 0. The topological polar surface area (TPSA) is 0 Å². The predicted molar refractivity (Wildman–Crippen MR) is 61.9 cm³/mol. The van der Waals surface area contributed by atoms with E-state index in [-0.39, 0.29) is 5.82 Å². The first-order valence-electron chi connectivity index (χ1n) is 4.45. The van der Waals surface area contributed by atoms with Crippen molar-refractivity contribution < 1.29 is 4.39 Å². The van der Waals surface area contributed by atoms with Crippen LogP contribution in [0.5, 0.6) is 0 Å². The Balaban J connectivity index is 0.000000165. The molecule has 0 bridgehead atoms. The van der Waals surface area contributed by atoms with Crippen LogP contribution in [0.25, 0.3) is 0 Å². The summed E-state index contributed by atoms with van der Waals surface area (Å²) in [6.45, 7) is 0. The molecule has 0 fully saturated rings. The molecule has 0 aromatic heterocycles. The number of halogens is 2. The Labute approximate surface area is 92.3 Å². The highest BCUT2D eigenvalue weighted by Crippen LogP contribution is 2.05. The van der Waals surface area contributed by atoms with Crippen LogP contribution >= 0.6 is 15.9 Å². The van der Waals surface area contributed by atoms with Gasteiger partial charge in [0, 0.05) is 5.33 Å². The standard InChI is InChI=1S/C7H6BrF.C5H6/c8-5-6-1-3-7(9)4-2-6;1-2-4-5-3-1/h1-4H,5H2;1-4H,5H2. The van der Waals surface area contributed by atoms with Gasteiger partial charge >= 0.3 is 0 Å². The lowest BCUT2D eigenvalue weighted by Gasteiger charge is -1.91. The van der Waals surface area contributed by atoms with E-state index < -0.39 is 0 Å². The summed E-state index contributed by atoms with van der Waals surface area (Å²) in [6, 6.07) is 6.42. The van der Waals surface area contributed by atoms with Crippen LogP contribution < -0.4 is 0 Å². The first kappa shape index (κ1) is 11.2. The smallest absolute Gasteiger partial charge is 0.123 e. The molecule has 1 aliphatic carbocycles. The van der Waals surface area contributed by atoms with Gasteiger partial charge in [-0.2, -0.15) is 0 Å². The van der Waals surface area contributed by atoms with Gasteiger partial charge in [-0.15, -0.1) is 0 Å². The van der Waals surface area contributed by atoms with Crippen LogP contribution in [0.3, 0.4) is 0 Å². The monoisotopic (exact) mass is 254 g/mol. The molecule has 0 N–H and O–H groups in total. The number of benzene rings is 1. The average molecular weight is 255 g/mol. The highest BCUT2D eigenvalue weighted by Gasteiger charge is 1.88. The average Bonchev–Trinajstić information content (AvgIpc) is 2.77. The van der Waals surface area contributed by atoms with Gasteiger partial charge in [-0.05, 0) is 24.1 Å². The Morgan fingerprint density at radius 3 is 2.00 bits per heavy atom.